The Bertz CT molecular complexity index is 318. The molecule has 20 heavy (non-hydrogen) atoms. The lowest BCUT2D eigenvalue weighted by atomic mass is 10.2. The first-order valence-corrected chi connectivity index (χ1v) is 5.99. The molecule has 0 aliphatic heterocycles. The minimum Gasteiger partial charge on any atom is -0.460 e. The van der Waals surface area contributed by atoms with Crippen LogP contribution in [0.25, 0.3) is 0 Å². The van der Waals surface area contributed by atoms with E-state index in [1.165, 1.54) is 0 Å². The van der Waals surface area contributed by atoms with Crippen molar-refractivity contribution in [1.29, 1.82) is 0 Å². The van der Waals surface area contributed by atoms with Crippen molar-refractivity contribution in [2.45, 2.75) is 33.3 Å². The second kappa shape index (κ2) is 10.0. The first-order valence-electron chi connectivity index (χ1n) is 5.99. The second-order valence-corrected chi connectivity index (χ2v) is 4.35. The second-order valence-electron chi connectivity index (χ2n) is 4.35. The number of carbonyl (C=O) groups is 2. The van der Waals surface area contributed by atoms with Crippen molar-refractivity contribution < 1.29 is 38.6 Å². The molecule has 0 bridgehead atoms. The third-order valence-corrected chi connectivity index (χ3v) is 1.36. The summed E-state index contributed by atoms with van der Waals surface area (Å²) in [6, 6.07) is 0. The Hall–Kier alpha value is -1.80. The molecule has 0 N–H and O–H groups in total. The third-order valence-electron chi connectivity index (χ3n) is 1.36. The summed E-state index contributed by atoms with van der Waals surface area (Å²) in [7, 11) is 0. The van der Waals surface area contributed by atoms with Gasteiger partial charge in [-0.25, -0.2) is 9.59 Å². The fourth-order valence-electron chi connectivity index (χ4n) is 0.712. The summed E-state index contributed by atoms with van der Waals surface area (Å²) in [5, 5.41) is 0. The third kappa shape index (κ3) is 12.7. The molecule has 0 heterocycles. The van der Waals surface area contributed by atoms with Crippen LogP contribution in [0.2, 0.25) is 0 Å². The van der Waals surface area contributed by atoms with Crippen molar-refractivity contribution in [2.24, 2.45) is 0 Å². The molecule has 0 aromatic heterocycles. The highest BCUT2D eigenvalue weighted by atomic mass is 17.2. The summed E-state index contributed by atoms with van der Waals surface area (Å²) in [4.78, 5) is 40.0. The molecule has 0 aliphatic rings. The highest BCUT2D eigenvalue weighted by Crippen LogP contribution is 2.06. The number of esters is 1. The van der Waals surface area contributed by atoms with E-state index in [0.717, 1.165) is 12.3 Å². The van der Waals surface area contributed by atoms with Gasteiger partial charge in [-0.05, 0) is 27.7 Å². The van der Waals surface area contributed by atoms with Crippen molar-refractivity contribution in [1.82, 2.24) is 0 Å². The Labute approximate surface area is 117 Å². The van der Waals surface area contributed by atoms with Gasteiger partial charge in [0.2, 0.25) is 0 Å². The molecule has 0 radical (unpaired) electrons. The molecule has 0 aromatic carbocycles. The van der Waals surface area contributed by atoms with E-state index in [1.54, 1.807) is 27.7 Å². The minimum atomic E-state index is -0.952. The molecule has 8 heteroatoms. The maximum atomic E-state index is 11.1. The molecule has 8 nitrogen and oxygen atoms in total. The van der Waals surface area contributed by atoms with Crippen LogP contribution in [0.1, 0.15) is 27.7 Å². The van der Waals surface area contributed by atoms with E-state index < -0.39 is 17.7 Å². The summed E-state index contributed by atoms with van der Waals surface area (Å²) in [5.41, 5.74) is -0.480. The molecule has 0 aliphatic carbocycles. The van der Waals surface area contributed by atoms with Gasteiger partial charge in [-0.15, -0.1) is 0 Å². The highest BCUT2D eigenvalue weighted by molar-refractivity contribution is 5.81. The molecule has 0 unspecified atom stereocenters. The van der Waals surface area contributed by atoms with Crippen molar-refractivity contribution in [3.05, 3.63) is 12.3 Å². The van der Waals surface area contributed by atoms with Crippen LogP contribution in [-0.4, -0.2) is 37.5 Å². The summed E-state index contributed by atoms with van der Waals surface area (Å²) in [6.07, 6.45) is 1.15. The van der Waals surface area contributed by atoms with E-state index in [2.05, 4.69) is 19.4 Å². The highest BCUT2D eigenvalue weighted by Gasteiger charge is 2.10. The molecule has 0 atom stereocenters. The van der Waals surface area contributed by atoms with Gasteiger partial charge in [-0.1, -0.05) is 0 Å². The molecule has 0 fully saturated rings. The van der Waals surface area contributed by atoms with Crippen LogP contribution in [0, 0.1) is 0 Å². The summed E-state index contributed by atoms with van der Waals surface area (Å²) in [6.45, 7) is 6.97. The van der Waals surface area contributed by atoms with Gasteiger partial charge < -0.3 is 14.4 Å². The van der Waals surface area contributed by atoms with Crippen LogP contribution in [-0.2, 0) is 33.8 Å². The molecule has 0 aromatic rings. The zero-order chi connectivity index (χ0) is 15.4. The average Bonchev–Trinajstić information content (AvgIpc) is 2.33. The van der Waals surface area contributed by atoms with E-state index in [0.29, 0.717) is 0 Å². The van der Waals surface area contributed by atoms with Crippen LogP contribution in [0.3, 0.4) is 0 Å². The van der Waals surface area contributed by atoms with E-state index in [-0.39, 0.29) is 19.8 Å². The molecule has 116 valence electrons. The number of hydrogen-bond acceptors (Lipinski definition) is 8. The lowest BCUT2D eigenvalue weighted by Crippen LogP contribution is -2.18. The monoisotopic (exact) mass is 292 g/mol. The maximum Gasteiger partial charge on any atom is 0.540 e. The van der Waals surface area contributed by atoms with Crippen molar-refractivity contribution in [2.75, 3.05) is 19.8 Å². The number of hydrogen-bond donors (Lipinski definition) is 0. The number of rotatable bonds is 8. The lowest BCUT2D eigenvalue weighted by Gasteiger charge is -2.15. The zero-order valence-electron chi connectivity index (χ0n) is 12.0. The Balaban J connectivity index is 3.54. The van der Waals surface area contributed by atoms with E-state index in [1.807, 2.05) is 0 Å². The molecule has 0 amide bonds. The van der Waals surface area contributed by atoms with Crippen molar-refractivity contribution >= 4 is 12.1 Å². The Morgan fingerprint density at radius 1 is 1.10 bits per heavy atom. The largest absolute Gasteiger partial charge is 0.540 e. The fraction of sp³-hybridized carbons (Fsp3) is 0.667. The molecule has 0 rings (SSSR count). The van der Waals surface area contributed by atoms with E-state index in [9.17, 15) is 9.59 Å². The summed E-state index contributed by atoms with van der Waals surface area (Å²) >= 11 is 0. The topological polar surface area (TPSA) is 89.5 Å². The Morgan fingerprint density at radius 3 is 2.40 bits per heavy atom. The first-order chi connectivity index (χ1) is 9.35. The zero-order valence-corrected chi connectivity index (χ0v) is 12.0. The standard InChI is InChI=1S/C12H20O8/c1-5-15-11(14)19-17-9-8-16-10(13)6-7-18-20-12(2,3)4/h6-7H,5,8-9H2,1-4H3. The van der Waals surface area contributed by atoms with Crippen LogP contribution in [0.5, 0.6) is 0 Å². The SMILES string of the molecule is CCOC(=O)OOCCOC(=O)C=COOC(C)(C)C. The molecular formula is C12H20O8. The predicted octanol–water partition coefficient (Wildman–Crippen LogP) is 1.89. The van der Waals surface area contributed by atoms with Gasteiger partial charge in [-0.2, -0.15) is 9.78 Å². The van der Waals surface area contributed by atoms with Gasteiger partial charge in [0.1, 0.15) is 25.1 Å². The molecule has 0 saturated carbocycles. The number of ether oxygens (including phenoxy) is 2. The van der Waals surface area contributed by atoms with Gasteiger partial charge in [0.25, 0.3) is 0 Å². The average molecular weight is 292 g/mol. The van der Waals surface area contributed by atoms with Crippen molar-refractivity contribution in [3.63, 3.8) is 0 Å². The lowest BCUT2D eigenvalue weighted by molar-refractivity contribution is -0.310. The van der Waals surface area contributed by atoms with Gasteiger partial charge in [-0.3, -0.25) is 4.89 Å². The smallest absolute Gasteiger partial charge is 0.460 e. The number of carbonyl (C=O) groups excluding carboxylic acids is 2. The first kappa shape index (κ1) is 18.2. The van der Waals surface area contributed by atoms with E-state index >= 15 is 0 Å². The van der Waals surface area contributed by atoms with Gasteiger partial charge in [0.15, 0.2) is 0 Å². The molecule has 0 saturated heterocycles. The van der Waals surface area contributed by atoms with Crippen LogP contribution in [0.15, 0.2) is 12.3 Å². The molecular weight excluding hydrogens is 272 g/mol. The van der Waals surface area contributed by atoms with Crippen LogP contribution < -0.4 is 0 Å². The van der Waals surface area contributed by atoms with Gasteiger partial charge in [0, 0.05) is 0 Å². The molecule has 0 spiro atoms. The normalized spacial score (nSPS) is 11.2. The van der Waals surface area contributed by atoms with Gasteiger partial charge in [0.05, 0.1) is 12.7 Å². The van der Waals surface area contributed by atoms with Crippen molar-refractivity contribution in [3.8, 4) is 0 Å². The Kier molecular flexibility index (Phi) is 9.14. The van der Waals surface area contributed by atoms with Gasteiger partial charge >= 0.3 is 12.1 Å². The minimum absolute atomic E-state index is 0.0945. The summed E-state index contributed by atoms with van der Waals surface area (Å²) in [5.74, 6) is -0.651. The fourth-order valence-corrected chi connectivity index (χ4v) is 0.712. The van der Waals surface area contributed by atoms with Crippen LogP contribution >= 0.6 is 0 Å². The van der Waals surface area contributed by atoms with E-state index in [4.69, 9.17) is 9.62 Å². The summed E-state index contributed by atoms with van der Waals surface area (Å²) < 4.78 is 9.12. The predicted molar refractivity (Wildman–Crippen MR) is 66.1 cm³/mol. The Morgan fingerprint density at radius 2 is 1.80 bits per heavy atom. The quantitative estimate of drug-likeness (QED) is 0.167. The van der Waals surface area contributed by atoms with Crippen LogP contribution in [0.4, 0.5) is 4.79 Å². The maximum absolute atomic E-state index is 11.1.